The van der Waals surface area contributed by atoms with Crippen molar-refractivity contribution in [1.29, 1.82) is 0 Å². The molecule has 0 spiro atoms. The van der Waals surface area contributed by atoms with Crippen LogP contribution in [-0.4, -0.2) is 19.2 Å². The lowest BCUT2D eigenvalue weighted by Gasteiger charge is -2.08. The maximum atomic E-state index is 5.65. The Hall–Kier alpha value is -0.290. The van der Waals surface area contributed by atoms with Gasteiger partial charge in [0.25, 0.3) is 0 Å². The van der Waals surface area contributed by atoms with E-state index in [0.717, 1.165) is 31.4 Å². The minimum absolute atomic E-state index is 0.735. The van der Waals surface area contributed by atoms with E-state index in [0.29, 0.717) is 0 Å². The van der Waals surface area contributed by atoms with E-state index in [9.17, 15) is 0 Å². The largest absolute Gasteiger partial charge is 0.493 e. The fourth-order valence-corrected chi connectivity index (χ4v) is 1.73. The third-order valence-electron chi connectivity index (χ3n) is 2.64. The van der Waals surface area contributed by atoms with Crippen LogP contribution in [0.2, 0.25) is 0 Å². The molecule has 1 rings (SSSR count). The molecule has 3 heteroatoms. The van der Waals surface area contributed by atoms with E-state index in [2.05, 4.69) is 53.9 Å². The van der Waals surface area contributed by atoms with E-state index in [4.69, 9.17) is 4.74 Å². The zero-order valence-corrected chi connectivity index (χ0v) is 12.2. The molecule has 0 amide bonds. The van der Waals surface area contributed by atoms with E-state index in [1.807, 2.05) is 12.1 Å². The lowest BCUT2D eigenvalue weighted by atomic mass is 10.2. The molecule has 90 valence electrons. The Morgan fingerprint density at radius 3 is 2.62 bits per heavy atom. The number of halogens is 1. The standard InChI is InChI=1S/C13H20INO/c1-3-11(2)15-9-4-10-16-13-7-5-12(14)6-8-13/h5-8,11,15H,3-4,9-10H2,1-2H3/p+1/t11-/m0/s1. The highest BCUT2D eigenvalue weighted by Crippen LogP contribution is 2.13. The van der Waals surface area contributed by atoms with Crippen molar-refractivity contribution in [2.45, 2.75) is 32.7 Å². The molecule has 0 aliphatic rings. The van der Waals surface area contributed by atoms with Crippen LogP contribution in [0.5, 0.6) is 5.75 Å². The number of ether oxygens (including phenoxy) is 1. The molecule has 2 N–H and O–H groups in total. The summed E-state index contributed by atoms with van der Waals surface area (Å²) in [4.78, 5) is 0. The Morgan fingerprint density at radius 1 is 1.31 bits per heavy atom. The molecule has 1 atom stereocenters. The monoisotopic (exact) mass is 334 g/mol. The maximum Gasteiger partial charge on any atom is 0.119 e. The van der Waals surface area contributed by atoms with Gasteiger partial charge >= 0.3 is 0 Å². The van der Waals surface area contributed by atoms with Crippen molar-refractivity contribution in [3.05, 3.63) is 27.8 Å². The third kappa shape index (κ3) is 5.70. The summed E-state index contributed by atoms with van der Waals surface area (Å²) in [5.41, 5.74) is 0. The van der Waals surface area contributed by atoms with Crippen molar-refractivity contribution in [2.24, 2.45) is 0 Å². The number of hydrogen-bond donors (Lipinski definition) is 1. The quantitative estimate of drug-likeness (QED) is 0.601. The van der Waals surface area contributed by atoms with Gasteiger partial charge in [0.2, 0.25) is 0 Å². The zero-order chi connectivity index (χ0) is 11.8. The number of quaternary nitrogens is 1. The van der Waals surface area contributed by atoms with E-state index < -0.39 is 0 Å². The Labute approximate surface area is 112 Å². The van der Waals surface area contributed by atoms with Gasteiger partial charge in [-0.1, -0.05) is 6.92 Å². The van der Waals surface area contributed by atoms with Gasteiger partial charge in [-0.15, -0.1) is 0 Å². The topological polar surface area (TPSA) is 25.8 Å². The van der Waals surface area contributed by atoms with Gasteiger partial charge in [-0.25, -0.2) is 0 Å². The van der Waals surface area contributed by atoms with Crippen LogP contribution in [0.3, 0.4) is 0 Å². The van der Waals surface area contributed by atoms with Crippen molar-refractivity contribution in [2.75, 3.05) is 13.2 Å². The summed E-state index contributed by atoms with van der Waals surface area (Å²) in [7, 11) is 0. The Bertz CT molecular complexity index is 286. The molecule has 0 aromatic heterocycles. The summed E-state index contributed by atoms with van der Waals surface area (Å²) in [6, 6.07) is 8.93. The molecule has 1 aromatic carbocycles. The number of benzene rings is 1. The average molecular weight is 334 g/mol. The van der Waals surface area contributed by atoms with Gasteiger partial charge in [-0.2, -0.15) is 0 Å². The van der Waals surface area contributed by atoms with Gasteiger partial charge in [-0.05, 0) is 60.2 Å². The highest BCUT2D eigenvalue weighted by Gasteiger charge is 2.00. The van der Waals surface area contributed by atoms with E-state index in [1.54, 1.807) is 0 Å². The predicted octanol–water partition coefficient (Wildman–Crippen LogP) is 2.42. The van der Waals surface area contributed by atoms with Crippen molar-refractivity contribution < 1.29 is 10.1 Å². The Kier molecular flexibility index (Phi) is 6.80. The fraction of sp³-hybridized carbons (Fsp3) is 0.538. The van der Waals surface area contributed by atoms with Crippen molar-refractivity contribution in [3.8, 4) is 5.75 Å². The highest BCUT2D eigenvalue weighted by atomic mass is 127. The van der Waals surface area contributed by atoms with Gasteiger partial charge < -0.3 is 10.1 Å². The third-order valence-corrected chi connectivity index (χ3v) is 3.36. The molecule has 0 unspecified atom stereocenters. The number of hydrogen-bond acceptors (Lipinski definition) is 1. The normalized spacial score (nSPS) is 12.4. The summed E-state index contributed by atoms with van der Waals surface area (Å²) >= 11 is 2.30. The van der Waals surface area contributed by atoms with Crippen LogP contribution in [0, 0.1) is 3.57 Å². The first-order chi connectivity index (χ1) is 7.72. The molecule has 2 nitrogen and oxygen atoms in total. The second-order valence-electron chi connectivity index (χ2n) is 4.07. The Balaban J connectivity index is 2.09. The van der Waals surface area contributed by atoms with Crippen molar-refractivity contribution in [3.63, 3.8) is 0 Å². The fourth-order valence-electron chi connectivity index (χ4n) is 1.37. The summed E-state index contributed by atoms with van der Waals surface area (Å²) in [5.74, 6) is 0.976. The van der Waals surface area contributed by atoms with Crippen LogP contribution in [0.1, 0.15) is 26.7 Å². The molecule has 0 radical (unpaired) electrons. The minimum Gasteiger partial charge on any atom is -0.493 e. The van der Waals surface area contributed by atoms with E-state index >= 15 is 0 Å². The van der Waals surface area contributed by atoms with Gasteiger partial charge in [-0.3, -0.25) is 0 Å². The number of nitrogens with two attached hydrogens (primary N) is 1. The van der Waals surface area contributed by atoms with Crippen LogP contribution in [0.25, 0.3) is 0 Å². The summed E-state index contributed by atoms with van der Waals surface area (Å²) in [5, 5.41) is 2.39. The first-order valence-electron chi connectivity index (χ1n) is 5.94. The summed E-state index contributed by atoms with van der Waals surface area (Å²) in [6.45, 7) is 6.45. The molecule has 1 aromatic rings. The van der Waals surface area contributed by atoms with E-state index in [-0.39, 0.29) is 0 Å². The molecule has 0 heterocycles. The van der Waals surface area contributed by atoms with Gasteiger partial charge in [0.1, 0.15) is 5.75 Å². The first-order valence-corrected chi connectivity index (χ1v) is 7.02. The molecule has 16 heavy (non-hydrogen) atoms. The molecular weight excluding hydrogens is 313 g/mol. The van der Waals surface area contributed by atoms with E-state index in [1.165, 1.54) is 9.99 Å². The lowest BCUT2D eigenvalue weighted by Crippen LogP contribution is -2.89. The number of rotatable bonds is 7. The summed E-state index contributed by atoms with van der Waals surface area (Å²) in [6.07, 6.45) is 2.34. The molecule has 0 saturated carbocycles. The second-order valence-corrected chi connectivity index (χ2v) is 5.31. The second kappa shape index (κ2) is 7.90. The molecular formula is C13H21INO+. The van der Waals surface area contributed by atoms with Crippen LogP contribution in [-0.2, 0) is 0 Å². The minimum atomic E-state index is 0.735. The van der Waals surface area contributed by atoms with Crippen LogP contribution >= 0.6 is 22.6 Å². The first kappa shape index (κ1) is 13.8. The lowest BCUT2D eigenvalue weighted by molar-refractivity contribution is -0.686. The molecule has 0 bridgehead atoms. The van der Waals surface area contributed by atoms with Crippen LogP contribution in [0.4, 0.5) is 0 Å². The maximum absolute atomic E-state index is 5.65. The average Bonchev–Trinajstić information content (AvgIpc) is 2.31. The van der Waals surface area contributed by atoms with Crippen molar-refractivity contribution in [1.82, 2.24) is 0 Å². The molecule has 0 saturated heterocycles. The van der Waals surface area contributed by atoms with Gasteiger partial charge in [0.15, 0.2) is 0 Å². The van der Waals surface area contributed by atoms with Gasteiger partial charge in [0, 0.05) is 9.99 Å². The van der Waals surface area contributed by atoms with Gasteiger partial charge in [0.05, 0.1) is 19.2 Å². The SMILES string of the molecule is CC[C@H](C)[NH2+]CCCOc1ccc(I)cc1. The van der Waals surface area contributed by atoms with Crippen LogP contribution < -0.4 is 10.1 Å². The highest BCUT2D eigenvalue weighted by molar-refractivity contribution is 14.1. The van der Waals surface area contributed by atoms with Crippen molar-refractivity contribution >= 4 is 22.6 Å². The zero-order valence-electron chi connectivity index (χ0n) is 10.1. The molecule has 0 aliphatic heterocycles. The predicted molar refractivity (Wildman–Crippen MR) is 75.8 cm³/mol. The molecule has 0 aliphatic carbocycles. The summed E-state index contributed by atoms with van der Waals surface area (Å²) < 4.78 is 6.90. The smallest absolute Gasteiger partial charge is 0.119 e. The molecule has 0 fully saturated rings. The Morgan fingerprint density at radius 2 is 2.00 bits per heavy atom. The van der Waals surface area contributed by atoms with Crippen LogP contribution in [0.15, 0.2) is 24.3 Å².